The van der Waals surface area contributed by atoms with Crippen molar-refractivity contribution in [1.29, 1.82) is 0 Å². The zero-order valence-electron chi connectivity index (χ0n) is 7.09. The first-order valence-corrected chi connectivity index (χ1v) is 4.57. The number of rotatable bonds is 1. The largest absolute Gasteiger partial charge is 0.460 e. The summed E-state index contributed by atoms with van der Waals surface area (Å²) >= 11 is 5.68. The van der Waals surface area contributed by atoms with Crippen LogP contribution in [-0.4, -0.2) is 5.88 Å². The Bertz CT molecular complexity index is 379. The molecule has 0 spiro atoms. The monoisotopic (exact) mass is 192 g/mol. The van der Waals surface area contributed by atoms with Crippen LogP contribution >= 0.6 is 11.6 Å². The van der Waals surface area contributed by atoms with Crippen molar-refractivity contribution in [3.05, 3.63) is 48.2 Å². The Morgan fingerprint density at radius 3 is 2.85 bits per heavy atom. The molecular weight excluding hydrogens is 184 g/mol. The predicted molar refractivity (Wildman–Crippen MR) is 54.9 cm³/mol. The maximum absolute atomic E-state index is 5.68. The van der Waals surface area contributed by atoms with Gasteiger partial charge < -0.3 is 4.74 Å². The van der Waals surface area contributed by atoms with E-state index in [1.54, 1.807) is 0 Å². The lowest BCUT2D eigenvalue weighted by Gasteiger charge is -2.17. The Labute approximate surface area is 82.3 Å². The minimum Gasteiger partial charge on any atom is -0.460 e. The van der Waals surface area contributed by atoms with Gasteiger partial charge in [0.05, 0.1) is 5.88 Å². The summed E-state index contributed by atoms with van der Waals surface area (Å²) in [6, 6.07) is 7.80. The van der Waals surface area contributed by atoms with Gasteiger partial charge in [0.2, 0.25) is 0 Å². The molecule has 0 unspecified atom stereocenters. The van der Waals surface area contributed by atoms with Crippen molar-refractivity contribution in [2.75, 3.05) is 5.88 Å². The van der Waals surface area contributed by atoms with Crippen molar-refractivity contribution in [2.45, 2.75) is 0 Å². The smallest absolute Gasteiger partial charge is 0.134 e. The van der Waals surface area contributed by atoms with Gasteiger partial charge in [-0.3, -0.25) is 0 Å². The van der Waals surface area contributed by atoms with Crippen molar-refractivity contribution >= 4 is 17.2 Å². The first-order chi connectivity index (χ1) is 6.31. The fraction of sp³-hybridized carbons (Fsp3) is 0.0909. The van der Waals surface area contributed by atoms with Crippen LogP contribution in [-0.2, 0) is 0 Å². The Kier molecular flexibility index (Phi) is 2.11. The van der Waals surface area contributed by atoms with Crippen LogP contribution in [0, 0.1) is 0 Å². The van der Waals surface area contributed by atoms with E-state index >= 15 is 0 Å². The number of hydrogen-bond acceptors (Lipinski definition) is 1. The van der Waals surface area contributed by atoms with Crippen molar-refractivity contribution in [3.8, 4) is 5.75 Å². The molecule has 0 amide bonds. The molecular formula is C11H9ClO. The summed E-state index contributed by atoms with van der Waals surface area (Å²) in [7, 11) is 0. The van der Waals surface area contributed by atoms with Crippen molar-refractivity contribution in [1.82, 2.24) is 0 Å². The van der Waals surface area contributed by atoms with Gasteiger partial charge in [0.25, 0.3) is 0 Å². The highest BCUT2D eigenvalue weighted by Crippen LogP contribution is 2.32. The van der Waals surface area contributed by atoms with Gasteiger partial charge in [0.15, 0.2) is 0 Å². The Balaban J connectivity index is 2.46. The molecule has 1 nitrogen and oxygen atoms in total. The van der Waals surface area contributed by atoms with Crippen molar-refractivity contribution < 1.29 is 4.74 Å². The van der Waals surface area contributed by atoms with Gasteiger partial charge >= 0.3 is 0 Å². The standard InChI is InChI=1S/C11H9ClO/c1-8-6-9(7-12)13-11-5-3-2-4-10(8)11/h2-6H,1,7H2. The van der Waals surface area contributed by atoms with E-state index in [4.69, 9.17) is 16.3 Å². The minimum absolute atomic E-state index is 0.382. The molecule has 0 aliphatic carbocycles. The van der Waals surface area contributed by atoms with Crippen LogP contribution in [0.25, 0.3) is 5.57 Å². The van der Waals surface area contributed by atoms with Crippen molar-refractivity contribution in [3.63, 3.8) is 0 Å². The summed E-state index contributed by atoms with van der Waals surface area (Å²) in [6.07, 6.45) is 1.87. The third-order valence-corrected chi connectivity index (χ3v) is 2.20. The van der Waals surface area contributed by atoms with E-state index in [2.05, 4.69) is 6.58 Å². The van der Waals surface area contributed by atoms with Gasteiger partial charge in [-0.15, -0.1) is 11.6 Å². The quantitative estimate of drug-likeness (QED) is 0.621. The number of benzene rings is 1. The van der Waals surface area contributed by atoms with E-state index in [9.17, 15) is 0 Å². The van der Waals surface area contributed by atoms with Gasteiger partial charge in [-0.25, -0.2) is 0 Å². The second-order valence-corrected chi connectivity index (χ2v) is 3.14. The van der Waals surface area contributed by atoms with Crippen LogP contribution in [0.1, 0.15) is 5.56 Å². The molecule has 13 heavy (non-hydrogen) atoms. The van der Waals surface area contributed by atoms with E-state index < -0.39 is 0 Å². The molecule has 0 atom stereocenters. The van der Waals surface area contributed by atoms with Gasteiger partial charge in [0.1, 0.15) is 11.5 Å². The second-order valence-electron chi connectivity index (χ2n) is 2.87. The maximum Gasteiger partial charge on any atom is 0.134 e. The molecule has 2 heteroatoms. The Morgan fingerprint density at radius 1 is 1.31 bits per heavy atom. The third kappa shape index (κ3) is 1.47. The lowest BCUT2D eigenvalue weighted by molar-refractivity contribution is 0.424. The molecule has 0 radical (unpaired) electrons. The summed E-state index contributed by atoms with van der Waals surface area (Å²) in [5.74, 6) is 1.98. The third-order valence-electron chi connectivity index (χ3n) is 1.94. The van der Waals surface area contributed by atoms with Crippen LogP contribution in [0.5, 0.6) is 5.75 Å². The highest BCUT2D eigenvalue weighted by atomic mass is 35.5. The van der Waals surface area contributed by atoms with Crippen LogP contribution in [0.4, 0.5) is 0 Å². The number of halogens is 1. The first kappa shape index (κ1) is 8.39. The van der Waals surface area contributed by atoms with Gasteiger partial charge in [-0.05, 0) is 17.7 Å². The Hall–Kier alpha value is -1.21. The number of alkyl halides is 1. The zero-order valence-corrected chi connectivity index (χ0v) is 7.84. The van der Waals surface area contributed by atoms with Crippen LogP contribution in [0.15, 0.2) is 42.7 Å². The highest BCUT2D eigenvalue weighted by molar-refractivity contribution is 6.19. The summed E-state index contributed by atoms with van der Waals surface area (Å²) in [6.45, 7) is 3.94. The molecule has 1 aromatic rings. The van der Waals surface area contributed by atoms with Gasteiger partial charge in [0, 0.05) is 5.56 Å². The number of fused-ring (bicyclic) bond motifs is 1. The van der Waals surface area contributed by atoms with Gasteiger partial charge in [-0.2, -0.15) is 0 Å². The molecule has 2 rings (SSSR count). The fourth-order valence-corrected chi connectivity index (χ4v) is 1.46. The van der Waals surface area contributed by atoms with Gasteiger partial charge in [-0.1, -0.05) is 24.8 Å². The highest BCUT2D eigenvalue weighted by Gasteiger charge is 2.13. The lowest BCUT2D eigenvalue weighted by atomic mass is 10.0. The summed E-state index contributed by atoms with van der Waals surface area (Å²) < 4.78 is 5.52. The molecule has 0 aromatic heterocycles. The normalized spacial score (nSPS) is 14.5. The minimum atomic E-state index is 0.382. The molecule has 1 heterocycles. The number of allylic oxidation sites excluding steroid dienone is 3. The molecule has 66 valence electrons. The summed E-state index contributed by atoms with van der Waals surface area (Å²) in [5, 5.41) is 0. The maximum atomic E-state index is 5.68. The first-order valence-electron chi connectivity index (χ1n) is 4.04. The van der Waals surface area contributed by atoms with Crippen LogP contribution < -0.4 is 4.74 Å². The SMILES string of the molecule is C=C1C=C(CCl)Oc2ccccc21. The fourth-order valence-electron chi connectivity index (χ4n) is 1.33. The van der Waals surface area contributed by atoms with E-state index in [-0.39, 0.29) is 0 Å². The molecule has 1 aromatic carbocycles. The van der Waals surface area contributed by atoms with Crippen molar-refractivity contribution in [2.24, 2.45) is 0 Å². The van der Waals surface area contributed by atoms with E-state index in [1.807, 2.05) is 30.3 Å². The average molecular weight is 193 g/mol. The van der Waals surface area contributed by atoms with Crippen LogP contribution in [0.3, 0.4) is 0 Å². The topological polar surface area (TPSA) is 9.23 Å². The number of para-hydroxylation sites is 1. The summed E-state index contributed by atoms with van der Waals surface area (Å²) in [5.41, 5.74) is 1.99. The molecule has 0 saturated heterocycles. The number of hydrogen-bond donors (Lipinski definition) is 0. The molecule has 0 N–H and O–H groups in total. The second kappa shape index (κ2) is 3.27. The average Bonchev–Trinajstić information content (AvgIpc) is 2.18. The van der Waals surface area contributed by atoms with E-state index in [0.717, 1.165) is 22.6 Å². The Morgan fingerprint density at radius 2 is 2.08 bits per heavy atom. The van der Waals surface area contributed by atoms with E-state index in [0.29, 0.717) is 5.88 Å². The summed E-state index contributed by atoms with van der Waals surface area (Å²) in [4.78, 5) is 0. The predicted octanol–water partition coefficient (Wildman–Crippen LogP) is 3.21. The molecule has 0 fully saturated rings. The zero-order chi connectivity index (χ0) is 9.26. The molecule has 0 bridgehead atoms. The van der Waals surface area contributed by atoms with E-state index in [1.165, 1.54) is 0 Å². The molecule has 1 aliphatic heterocycles. The van der Waals surface area contributed by atoms with Crippen LogP contribution in [0.2, 0.25) is 0 Å². The molecule has 1 aliphatic rings. The molecule has 0 saturated carbocycles. The lowest BCUT2D eigenvalue weighted by Crippen LogP contribution is -2.04. The number of ether oxygens (including phenoxy) is 1.